The number of sulfonamides is 1. The maximum atomic E-state index is 12.1. The average Bonchev–Trinajstić information content (AvgIpc) is 2.57. The van der Waals surface area contributed by atoms with E-state index in [2.05, 4.69) is 4.72 Å². The Labute approximate surface area is 107 Å². The summed E-state index contributed by atoms with van der Waals surface area (Å²) in [5.74, 6) is -0.0355. The minimum atomic E-state index is -3.54. The lowest BCUT2D eigenvalue weighted by Crippen LogP contribution is -2.36. The number of amides is 1. The summed E-state index contributed by atoms with van der Waals surface area (Å²) < 4.78 is 26.7. The first kappa shape index (κ1) is 13.0. The Kier molecular flexibility index (Phi) is 3.41. The first-order valence-corrected chi connectivity index (χ1v) is 7.20. The zero-order valence-electron chi connectivity index (χ0n) is 10.4. The van der Waals surface area contributed by atoms with Crippen LogP contribution in [0.2, 0.25) is 0 Å². The number of nitrogens with one attached hydrogen (secondary N) is 1. The highest BCUT2D eigenvalue weighted by Crippen LogP contribution is 2.14. The van der Waals surface area contributed by atoms with Crippen LogP contribution in [0, 0.1) is 6.92 Å². The van der Waals surface area contributed by atoms with Gasteiger partial charge in [0.25, 0.3) is 0 Å². The smallest absolute Gasteiger partial charge is 0.240 e. The second kappa shape index (κ2) is 4.70. The van der Waals surface area contributed by atoms with Crippen LogP contribution in [0.4, 0.5) is 0 Å². The summed E-state index contributed by atoms with van der Waals surface area (Å²) in [4.78, 5) is 13.1. The summed E-state index contributed by atoms with van der Waals surface area (Å²) in [6.45, 7) is 2.32. The quantitative estimate of drug-likeness (QED) is 0.868. The molecule has 98 valence electrons. The van der Waals surface area contributed by atoms with Gasteiger partial charge in [-0.2, -0.15) is 0 Å². The Morgan fingerprint density at radius 2 is 1.89 bits per heavy atom. The van der Waals surface area contributed by atoms with Crippen molar-refractivity contribution in [2.75, 3.05) is 13.6 Å². The first-order valence-electron chi connectivity index (χ1n) is 5.71. The molecule has 0 radical (unpaired) electrons. The van der Waals surface area contributed by atoms with Crippen molar-refractivity contribution in [3.8, 4) is 0 Å². The number of hydrogen-bond donors (Lipinski definition) is 1. The van der Waals surface area contributed by atoms with Gasteiger partial charge in [-0.3, -0.25) is 4.79 Å². The van der Waals surface area contributed by atoms with Crippen LogP contribution >= 0.6 is 0 Å². The van der Waals surface area contributed by atoms with Gasteiger partial charge in [-0.05, 0) is 19.1 Å². The molecule has 1 heterocycles. The fraction of sp³-hybridized carbons (Fsp3) is 0.417. The highest BCUT2D eigenvalue weighted by Gasteiger charge is 2.30. The minimum absolute atomic E-state index is 0.0355. The van der Waals surface area contributed by atoms with Gasteiger partial charge >= 0.3 is 0 Å². The summed E-state index contributed by atoms with van der Waals surface area (Å²) in [5.41, 5.74) is 1.00. The topological polar surface area (TPSA) is 66.5 Å². The third kappa shape index (κ3) is 2.70. The summed E-state index contributed by atoms with van der Waals surface area (Å²) in [6.07, 6.45) is 0.224. The van der Waals surface area contributed by atoms with Gasteiger partial charge in [-0.1, -0.05) is 17.7 Å². The molecular formula is C12H16N2O3S. The van der Waals surface area contributed by atoms with Gasteiger partial charge in [-0.15, -0.1) is 0 Å². The van der Waals surface area contributed by atoms with E-state index >= 15 is 0 Å². The Balaban J connectivity index is 2.13. The van der Waals surface area contributed by atoms with E-state index in [0.717, 1.165) is 5.56 Å². The van der Waals surface area contributed by atoms with Crippen LogP contribution in [0.3, 0.4) is 0 Å². The molecule has 1 fully saturated rings. The fourth-order valence-electron chi connectivity index (χ4n) is 1.95. The maximum absolute atomic E-state index is 12.1. The fourth-order valence-corrected chi connectivity index (χ4v) is 3.17. The number of aryl methyl sites for hydroxylation is 1. The minimum Gasteiger partial charge on any atom is -0.344 e. The molecule has 1 aliphatic rings. The molecule has 1 saturated heterocycles. The molecule has 1 aliphatic heterocycles. The standard InChI is InChI=1S/C12H16N2O3S/c1-9-3-5-11(6-4-9)18(16,17)13-10-7-12(15)14(2)8-10/h3-6,10,13H,7-8H2,1-2H3. The summed E-state index contributed by atoms with van der Waals surface area (Å²) >= 11 is 0. The van der Waals surface area contributed by atoms with Crippen LogP contribution in [0.15, 0.2) is 29.2 Å². The van der Waals surface area contributed by atoms with Crippen molar-refractivity contribution in [1.82, 2.24) is 9.62 Å². The molecule has 0 aliphatic carbocycles. The lowest BCUT2D eigenvalue weighted by molar-refractivity contribution is -0.126. The van der Waals surface area contributed by atoms with Gasteiger partial charge in [0.15, 0.2) is 0 Å². The van der Waals surface area contributed by atoms with E-state index in [0.29, 0.717) is 6.54 Å². The number of nitrogens with zero attached hydrogens (tertiary/aromatic N) is 1. The molecule has 2 rings (SSSR count). The van der Waals surface area contributed by atoms with E-state index < -0.39 is 10.0 Å². The van der Waals surface area contributed by atoms with Crippen molar-refractivity contribution >= 4 is 15.9 Å². The zero-order valence-corrected chi connectivity index (χ0v) is 11.2. The van der Waals surface area contributed by atoms with Gasteiger partial charge in [-0.25, -0.2) is 13.1 Å². The summed E-state index contributed by atoms with van der Waals surface area (Å²) in [5, 5.41) is 0. The van der Waals surface area contributed by atoms with Crippen molar-refractivity contribution in [3.63, 3.8) is 0 Å². The lowest BCUT2D eigenvalue weighted by Gasteiger charge is -2.13. The van der Waals surface area contributed by atoms with Crippen LogP contribution < -0.4 is 4.72 Å². The normalized spacial score (nSPS) is 20.4. The van der Waals surface area contributed by atoms with Crippen LogP contribution in [-0.2, 0) is 14.8 Å². The second-order valence-corrected chi connectivity index (χ2v) is 6.32. The van der Waals surface area contributed by atoms with Gasteiger partial charge in [0, 0.05) is 26.1 Å². The maximum Gasteiger partial charge on any atom is 0.240 e. The molecule has 1 amide bonds. The SMILES string of the molecule is Cc1ccc(S(=O)(=O)NC2CC(=O)N(C)C2)cc1. The molecule has 6 heteroatoms. The third-order valence-corrected chi connectivity index (χ3v) is 4.53. The molecule has 1 atom stereocenters. The largest absolute Gasteiger partial charge is 0.344 e. The number of benzene rings is 1. The average molecular weight is 268 g/mol. The lowest BCUT2D eigenvalue weighted by atomic mass is 10.2. The molecular weight excluding hydrogens is 252 g/mol. The third-order valence-electron chi connectivity index (χ3n) is 2.99. The molecule has 5 nitrogen and oxygen atoms in total. The number of likely N-dealkylation sites (N-methyl/N-ethyl adjacent to an activating group) is 1. The number of likely N-dealkylation sites (tertiary alicyclic amines) is 1. The number of hydrogen-bond acceptors (Lipinski definition) is 3. The molecule has 0 spiro atoms. The van der Waals surface area contributed by atoms with E-state index in [9.17, 15) is 13.2 Å². The van der Waals surface area contributed by atoms with Gasteiger partial charge in [0.05, 0.1) is 4.90 Å². The van der Waals surface area contributed by atoms with E-state index in [1.165, 1.54) is 4.90 Å². The highest BCUT2D eigenvalue weighted by atomic mass is 32.2. The number of carbonyl (C=O) groups is 1. The van der Waals surface area contributed by atoms with Crippen LogP contribution in [0.5, 0.6) is 0 Å². The van der Waals surface area contributed by atoms with Crippen molar-refractivity contribution in [1.29, 1.82) is 0 Å². The number of carbonyl (C=O) groups excluding carboxylic acids is 1. The van der Waals surface area contributed by atoms with Crippen LogP contribution in [0.25, 0.3) is 0 Å². The summed E-state index contributed by atoms with van der Waals surface area (Å²) in [7, 11) is -1.87. The van der Waals surface area contributed by atoms with Crippen LogP contribution in [-0.4, -0.2) is 38.9 Å². The molecule has 1 unspecified atom stereocenters. The predicted octanol–water partition coefficient (Wildman–Crippen LogP) is 0.504. The first-order chi connectivity index (χ1) is 8.38. The van der Waals surface area contributed by atoms with Crippen molar-refractivity contribution < 1.29 is 13.2 Å². The van der Waals surface area contributed by atoms with Gasteiger partial charge in [0.1, 0.15) is 0 Å². The van der Waals surface area contributed by atoms with E-state index in [4.69, 9.17) is 0 Å². The monoisotopic (exact) mass is 268 g/mol. The van der Waals surface area contributed by atoms with E-state index in [1.807, 2.05) is 6.92 Å². The van der Waals surface area contributed by atoms with Crippen molar-refractivity contribution in [2.45, 2.75) is 24.3 Å². The Morgan fingerprint density at radius 3 is 2.39 bits per heavy atom. The molecule has 1 N–H and O–H groups in total. The molecule has 0 bridgehead atoms. The summed E-state index contributed by atoms with van der Waals surface area (Å²) in [6, 6.07) is 6.30. The Bertz CT molecular complexity index is 551. The Morgan fingerprint density at radius 1 is 1.28 bits per heavy atom. The second-order valence-electron chi connectivity index (χ2n) is 4.61. The molecule has 18 heavy (non-hydrogen) atoms. The van der Waals surface area contributed by atoms with Crippen molar-refractivity contribution in [3.05, 3.63) is 29.8 Å². The highest BCUT2D eigenvalue weighted by molar-refractivity contribution is 7.89. The molecule has 0 aromatic heterocycles. The van der Waals surface area contributed by atoms with Crippen molar-refractivity contribution in [2.24, 2.45) is 0 Å². The zero-order chi connectivity index (χ0) is 13.3. The predicted molar refractivity (Wildman–Crippen MR) is 67.5 cm³/mol. The van der Waals surface area contributed by atoms with Crippen LogP contribution in [0.1, 0.15) is 12.0 Å². The number of rotatable bonds is 3. The van der Waals surface area contributed by atoms with Gasteiger partial charge in [0.2, 0.25) is 15.9 Å². The molecule has 1 aromatic carbocycles. The molecule has 0 saturated carbocycles. The van der Waals surface area contributed by atoms with E-state index in [-0.39, 0.29) is 23.3 Å². The molecule has 1 aromatic rings. The van der Waals surface area contributed by atoms with E-state index in [1.54, 1.807) is 31.3 Å². The van der Waals surface area contributed by atoms with Gasteiger partial charge < -0.3 is 4.90 Å². The Hall–Kier alpha value is -1.40.